The number of amides is 2. The van der Waals surface area contributed by atoms with Crippen molar-refractivity contribution in [2.75, 3.05) is 26.7 Å². The van der Waals surface area contributed by atoms with Gasteiger partial charge in [-0.2, -0.15) is 0 Å². The molecule has 5 rings (SSSR count). The maximum absolute atomic E-state index is 13.3. The first kappa shape index (κ1) is 17.6. The average Bonchev–Trinajstić information content (AvgIpc) is 3.36. The van der Waals surface area contributed by atoms with Crippen LogP contribution in [0.15, 0.2) is 36.7 Å². The van der Waals surface area contributed by atoms with Gasteiger partial charge in [0.2, 0.25) is 11.8 Å². The summed E-state index contributed by atoms with van der Waals surface area (Å²) in [7, 11) is 1.76. The minimum Gasteiger partial charge on any atom is -0.360 e. The van der Waals surface area contributed by atoms with E-state index in [0.29, 0.717) is 38.0 Å². The topological polar surface area (TPSA) is 79.8 Å². The van der Waals surface area contributed by atoms with Crippen LogP contribution in [0.25, 0.3) is 0 Å². The molecule has 0 radical (unpaired) electrons. The molecule has 1 aromatic heterocycles. The number of rotatable bonds is 3. The van der Waals surface area contributed by atoms with Gasteiger partial charge in [0.1, 0.15) is 5.60 Å². The number of hydrogen-bond acceptors (Lipinski definition) is 5. The van der Waals surface area contributed by atoms with Gasteiger partial charge in [-0.1, -0.05) is 12.2 Å². The second kappa shape index (κ2) is 6.24. The molecule has 7 nitrogen and oxygen atoms in total. The fourth-order valence-corrected chi connectivity index (χ4v) is 5.29. The summed E-state index contributed by atoms with van der Waals surface area (Å²) < 4.78 is 6.08. The highest BCUT2D eigenvalue weighted by Gasteiger charge is 2.66. The first-order chi connectivity index (χ1) is 13.5. The van der Waals surface area contributed by atoms with Crippen molar-refractivity contribution in [2.45, 2.75) is 24.5 Å². The third kappa shape index (κ3) is 2.45. The first-order valence-corrected chi connectivity index (χ1v) is 9.85. The molecule has 2 bridgehead atoms. The van der Waals surface area contributed by atoms with Gasteiger partial charge in [0, 0.05) is 44.0 Å². The monoisotopic (exact) mass is 381 g/mol. The molecule has 5 heterocycles. The van der Waals surface area contributed by atoms with Crippen LogP contribution in [-0.4, -0.2) is 70.8 Å². The van der Waals surface area contributed by atoms with Crippen LogP contribution in [0, 0.1) is 17.8 Å². The van der Waals surface area contributed by atoms with E-state index < -0.39 is 17.4 Å². The van der Waals surface area contributed by atoms with E-state index in [2.05, 4.69) is 4.98 Å². The number of piperidine rings is 1. The Morgan fingerprint density at radius 1 is 1.29 bits per heavy atom. The molecule has 2 amide bonds. The Bertz CT molecular complexity index is 862. The minimum atomic E-state index is -0.634. The average molecular weight is 381 g/mol. The van der Waals surface area contributed by atoms with Crippen LogP contribution < -0.4 is 0 Å². The second-order valence-corrected chi connectivity index (χ2v) is 8.30. The normalized spacial score (nSPS) is 34.2. The van der Waals surface area contributed by atoms with E-state index in [1.54, 1.807) is 36.5 Å². The van der Waals surface area contributed by atoms with Crippen LogP contribution in [0.1, 0.15) is 23.2 Å². The lowest BCUT2D eigenvalue weighted by Crippen LogP contribution is -2.48. The Morgan fingerprint density at radius 3 is 2.79 bits per heavy atom. The Hall–Kier alpha value is -2.54. The second-order valence-electron chi connectivity index (χ2n) is 8.30. The van der Waals surface area contributed by atoms with Gasteiger partial charge in [-0.05, 0) is 25.0 Å². The van der Waals surface area contributed by atoms with E-state index in [-0.39, 0.29) is 29.6 Å². The summed E-state index contributed by atoms with van der Waals surface area (Å²) in [6, 6.07) is 3.55. The van der Waals surface area contributed by atoms with Gasteiger partial charge in [0.05, 0.1) is 24.5 Å². The number of hydrogen-bond donors (Lipinski definition) is 0. The molecule has 4 aliphatic heterocycles. The third-order valence-electron chi connectivity index (χ3n) is 6.70. The Balaban J connectivity index is 1.27. The summed E-state index contributed by atoms with van der Waals surface area (Å²) in [4.78, 5) is 46.1. The van der Waals surface area contributed by atoms with Gasteiger partial charge >= 0.3 is 0 Å². The molecule has 1 spiro atoms. The molecule has 4 atom stereocenters. The number of aromatic nitrogens is 1. The SMILES string of the molecule is CN1CC23C=CC(O2)C(C(=O)N2CCC(C(=O)c4cccnc4)CC2)C3C1=O. The molecule has 3 saturated heterocycles. The highest BCUT2D eigenvalue weighted by atomic mass is 16.5. The largest absolute Gasteiger partial charge is 0.360 e. The summed E-state index contributed by atoms with van der Waals surface area (Å²) in [5, 5.41) is 0. The van der Waals surface area contributed by atoms with E-state index in [9.17, 15) is 14.4 Å². The number of fused-ring (bicyclic) bond motifs is 1. The molecule has 4 aliphatic rings. The van der Waals surface area contributed by atoms with Crippen LogP contribution in [0.4, 0.5) is 0 Å². The van der Waals surface area contributed by atoms with Crippen molar-refractivity contribution in [1.82, 2.24) is 14.8 Å². The highest BCUT2D eigenvalue weighted by Crippen LogP contribution is 2.52. The fraction of sp³-hybridized carbons (Fsp3) is 0.524. The predicted molar refractivity (Wildman–Crippen MR) is 99.2 cm³/mol. The first-order valence-electron chi connectivity index (χ1n) is 9.85. The zero-order valence-corrected chi connectivity index (χ0v) is 15.8. The molecule has 0 aromatic carbocycles. The molecule has 0 saturated carbocycles. The van der Waals surface area contributed by atoms with Crippen LogP contribution in [-0.2, 0) is 14.3 Å². The fourth-order valence-electron chi connectivity index (χ4n) is 5.29. The maximum atomic E-state index is 13.3. The van der Waals surface area contributed by atoms with Crippen LogP contribution in [0.2, 0.25) is 0 Å². The van der Waals surface area contributed by atoms with E-state index in [4.69, 9.17) is 4.74 Å². The lowest BCUT2D eigenvalue weighted by molar-refractivity contribution is -0.143. The molecule has 0 aliphatic carbocycles. The van der Waals surface area contributed by atoms with Gasteiger partial charge in [-0.3, -0.25) is 19.4 Å². The quantitative estimate of drug-likeness (QED) is 0.575. The van der Waals surface area contributed by atoms with Crippen molar-refractivity contribution >= 4 is 17.6 Å². The number of carbonyl (C=O) groups excluding carboxylic acids is 3. The van der Waals surface area contributed by atoms with Gasteiger partial charge in [-0.25, -0.2) is 0 Å². The lowest BCUT2D eigenvalue weighted by atomic mass is 9.76. The van der Waals surface area contributed by atoms with Crippen LogP contribution >= 0.6 is 0 Å². The number of nitrogens with zero attached hydrogens (tertiary/aromatic N) is 3. The van der Waals surface area contributed by atoms with E-state index in [1.165, 1.54) is 0 Å². The Kier molecular flexibility index (Phi) is 3.91. The van der Waals surface area contributed by atoms with Gasteiger partial charge in [-0.15, -0.1) is 0 Å². The van der Waals surface area contributed by atoms with Gasteiger partial charge < -0.3 is 14.5 Å². The summed E-state index contributed by atoms with van der Waals surface area (Å²) in [6.45, 7) is 1.58. The molecule has 4 unspecified atom stereocenters. The van der Waals surface area contributed by atoms with Crippen molar-refractivity contribution in [1.29, 1.82) is 0 Å². The van der Waals surface area contributed by atoms with Crippen molar-refractivity contribution in [3.05, 3.63) is 42.2 Å². The number of likely N-dealkylation sites (tertiary alicyclic amines) is 2. The smallest absolute Gasteiger partial charge is 0.229 e. The summed E-state index contributed by atoms with van der Waals surface area (Å²) >= 11 is 0. The van der Waals surface area contributed by atoms with E-state index in [0.717, 1.165) is 0 Å². The molecule has 7 heteroatoms. The molecule has 1 aromatic rings. The van der Waals surface area contributed by atoms with Crippen LogP contribution in [0.5, 0.6) is 0 Å². The van der Waals surface area contributed by atoms with Gasteiger partial charge in [0.25, 0.3) is 0 Å². The van der Waals surface area contributed by atoms with Crippen molar-refractivity contribution in [3.63, 3.8) is 0 Å². The highest BCUT2D eigenvalue weighted by molar-refractivity contribution is 5.98. The molecular formula is C21H23N3O4. The van der Waals surface area contributed by atoms with Gasteiger partial charge in [0.15, 0.2) is 5.78 Å². The summed E-state index contributed by atoms with van der Waals surface area (Å²) in [5.74, 6) is -0.889. The zero-order valence-electron chi connectivity index (χ0n) is 15.8. The summed E-state index contributed by atoms with van der Waals surface area (Å²) in [6.07, 6.45) is 8.11. The number of ketones is 1. The number of likely N-dealkylation sites (N-methyl/N-ethyl adjacent to an activating group) is 1. The molecule has 28 heavy (non-hydrogen) atoms. The number of ether oxygens (including phenoxy) is 1. The zero-order chi connectivity index (χ0) is 19.5. The van der Waals surface area contributed by atoms with Crippen molar-refractivity contribution in [2.24, 2.45) is 17.8 Å². The molecule has 3 fully saturated rings. The molecular weight excluding hydrogens is 358 g/mol. The maximum Gasteiger partial charge on any atom is 0.229 e. The van der Waals surface area contributed by atoms with Crippen LogP contribution in [0.3, 0.4) is 0 Å². The van der Waals surface area contributed by atoms with Crippen molar-refractivity contribution in [3.8, 4) is 0 Å². The van der Waals surface area contributed by atoms with Crippen molar-refractivity contribution < 1.29 is 19.1 Å². The lowest BCUT2D eigenvalue weighted by Gasteiger charge is -2.35. The number of carbonyl (C=O) groups is 3. The summed E-state index contributed by atoms with van der Waals surface area (Å²) in [5.41, 5.74) is -0.00809. The molecule has 0 N–H and O–H groups in total. The third-order valence-corrected chi connectivity index (χ3v) is 6.70. The predicted octanol–water partition coefficient (Wildman–Crippen LogP) is 0.915. The Morgan fingerprint density at radius 2 is 2.07 bits per heavy atom. The standard InChI is InChI=1S/C21H23N3O4/c1-23-12-21-7-4-15(28-21)16(17(21)20(23)27)19(26)24-9-5-13(6-10-24)18(25)14-3-2-8-22-11-14/h2-4,7-8,11,13,15-17H,5-6,9-10,12H2,1H3. The van der Waals surface area contributed by atoms with E-state index in [1.807, 2.05) is 17.1 Å². The minimum absolute atomic E-state index is 0.00755. The molecule has 146 valence electrons. The number of pyridine rings is 1. The Labute approximate surface area is 163 Å². The van der Waals surface area contributed by atoms with E-state index >= 15 is 0 Å². The number of Topliss-reactive ketones (excluding diaryl/α,β-unsaturated/α-hetero) is 1.